The molecular formula is C13H14N4O2. The molecule has 2 rings (SSSR count). The first-order valence-electron chi connectivity index (χ1n) is 5.75. The predicted octanol–water partition coefficient (Wildman–Crippen LogP) is 0.600. The summed E-state index contributed by atoms with van der Waals surface area (Å²) in [7, 11) is 0. The van der Waals surface area contributed by atoms with Gasteiger partial charge in [0.2, 0.25) is 5.91 Å². The van der Waals surface area contributed by atoms with Crippen molar-refractivity contribution < 1.29 is 9.59 Å². The van der Waals surface area contributed by atoms with Crippen LogP contribution in [0.3, 0.4) is 0 Å². The molecule has 0 aliphatic carbocycles. The Bertz CT molecular complexity index is 601. The Morgan fingerprint density at radius 1 is 1.32 bits per heavy atom. The van der Waals surface area contributed by atoms with Gasteiger partial charge in [-0.05, 0) is 13.0 Å². The molecule has 0 saturated carbocycles. The molecule has 1 heterocycles. The number of hydrogen-bond donors (Lipinski definition) is 3. The van der Waals surface area contributed by atoms with Gasteiger partial charge in [-0.25, -0.2) is 0 Å². The zero-order valence-electron chi connectivity index (χ0n) is 10.4. The van der Waals surface area contributed by atoms with Gasteiger partial charge in [0.05, 0.1) is 12.2 Å². The summed E-state index contributed by atoms with van der Waals surface area (Å²) in [5.74, 6) is -1.00. The van der Waals surface area contributed by atoms with Crippen LogP contribution in [0.25, 0.3) is 11.3 Å². The summed E-state index contributed by atoms with van der Waals surface area (Å²) in [6.07, 6.45) is 0. The van der Waals surface area contributed by atoms with Crippen LogP contribution in [0.5, 0.6) is 0 Å². The van der Waals surface area contributed by atoms with Gasteiger partial charge < -0.3 is 11.1 Å². The van der Waals surface area contributed by atoms with Crippen molar-refractivity contribution >= 4 is 11.8 Å². The molecule has 2 amide bonds. The molecule has 0 aliphatic rings. The van der Waals surface area contributed by atoms with E-state index >= 15 is 0 Å². The Morgan fingerprint density at radius 3 is 2.63 bits per heavy atom. The van der Waals surface area contributed by atoms with Crippen LogP contribution in [0, 0.1) is 6.92 Å². The smallest absolute Gasteiger partial charge is 0.269 e. The Kier molecular flexibility index (Phi) is 3.61. The van der Waals surface area contributed by atoms with Crippen molar-refractivity contribution in [2.45, 2.75) is 6.92 Å². The van der Waals surface area contributed by atoms with E-state index in [9.17, 15) is 9.59 Å². The molecule has 1 aromatic carbocycles. The van der Waals surface area contributed by atoms with E-state index < -0.39 is 11.8 Å². The minimum Gasteiger partial charge on any atom is -0.368 e. The second-order valence-corrected chi connectivity index (χ2v) is 4.18. The molecule has 0 atom stereocenters. The van der Waals surface area contributed by atoms with E-state index in [1.165, 1.54) is 0 Å². The SMILES string of the molecule is Cc1ccc(-c2cc(C(=O)NCC(N)=O)[nH]n2)cc1. The maximum atomic E-state index is 11.7. The first-order chi connectivity index (χ1) is 9.06. The fourth-order valence-electron chi connectivity index (χ4n) is 1.57. The normalized spacial score (nSPS) is 10.2. The van der Waals surface area contributed by atoms with Crippen molar-refractivity contribution in [3.8, 4) is 11.3 Å². The van der Waals surface area contributed by atoms with Crippen LogP contribution >= 0.6 is 0 Å². The molecule has 4 N–H and O–H groups in total. The molecule has 2 aromatic rings. The monoisotopic (exact) mass is 258 g/mol. The van der Waals surface area contributed by atoms with Crippen LogP contribution in [0.15, 0.2) is 30.3 Å². The van der Waals surface area contributed by atoms with Crippen LogP contribution in [0.1, 0.15) is 16.1 Å². The van der Waals surface area contributed by atoms with Gasteiger partial charge in [0, 0.05) is 5.56 Å². The molecule has 0 aliphatic heterocycles. The maximum absolute atomic E-state index is 11.7. The number of nitrogens with two attached hydrogens (primary N) is 1. The van der Waals surface area contributed by atoms with Crippen LogP contribution in [0.4, 0.5) is 0 Å². The van der Waals surface area contributed by atoms with Crippen molar-refractivity contribution in [3.05, 3.63) is 41.6 Å². The predicted molar refractivity (Wildman–Crippen MR) is 70.3 cm³/mol. The molecule has 0 bridgehead atoms. The largest absolute Gasteiger partial charge is 0.368 e. The van der Waals surface area contributed by atoms with Crippen molar-refractivity contribution in [1.82, 2.24) is 15.5 Å². The van der Waals surface area contributed by atoms with E-state index in [-0.39, 0.29) is 12.2 Å². The number of amides is 2. The number of aromatic nitrogens is 2. The Hall–Kier alpha value is -2.63. The minimum atomic E-state index is -0.591. The lowest BCUT2D eigenvalue weighted by Gasteiger charge is -1.98. The molecule has 0 radical (unpaired) electrons. The number of aryl methyl sites for hydroxylation is 1. The van der Waals surface area contributed by atoms with Gasteiger partial charge in [0.25, 0.3) is 5.91 Å². The summed E-state index contributed by atoms with van der Waals surface area (Å²) in [6.45, 7) is 1.80. The number of hydrogen-bond acceptors (Lipinski definition) is 3. The highest BCUT2D eigenvalue weighted by Crippen LogP contribution is 2.17. The summed E-state index contributed by atoms with van der Waals surface area (Å²) in [6, 6.07) is 9.42. The van der Waals surface area contributed by atoms with E-state index in [0.717, 1.165) is 11.1 Å². The average Bonchev–Trinajstić information content (AvgIpc) is 2.86. The van der Waals surface area contributed by atoms with Gasteiger partial charge in [0.1, 0.15) is 5.69 Å². The number of H-pyrrole nitrogens is 1. The zero-order valence-corrected chi connectivity index (χ0v) is 10.4. The molecule has 19 heavy (non-hydrogen) atoms. The molecule has 98 valence electrons. The molecule has 0 fully saturated rings. The van der Waals surface area contributed by atoms with Gasteiger partial charge in [0.15, 0.2) is 0 Å². The molecule has 1 aromatic heterocycles. The minimum absolute atomic E-state index is 0.197. The van der Waals surface area contributed by atoms with E-state index in [1.807, 2.05) is 31.2 Å². The number of rotatable bonds is 4. The lowest BCUT2D eigenvalue weighted by molar-refractivity contribution is -0.117. The lowest BCUT2D eigenvalue weighted by atomic mass is 10.1. The molecule has 0 unspecified atom stereocenters. The Labute approximate surface area is 110 Å². The highest BCUT2D eigenvalue weighted by atomic mass is 16.2. The summed E-state index contributed by atoms with van der Waals surface area (Å²) in [4.78, 5) is 22.2. The van der Waals surface area contributed by atoms with Gasteiger partial charge >= 0.3 is 0 Å². The topological polar surface area (TPSA) is 101 Å². The third-order valence-electron chi connectivity index (χ3n) is 2.59. The number of nitrogens with zero attached hydrogens (tertiary/aromatic N) is 1. The quantitative estimate of drug-likeness (QED) is 0.748. The number of primary amides is 1. The number of nitrogens with one attached hydrogen (secondary N) is 2. The zero-order chi connectivity index (χ0) is 13.8. The van der Waals surface area contributed by atoms with Crippen molar-refractivity contribution in [3.63, 3.8) is 0 Å². The van der Waals surface area contributed by atoms with Gasteiger partial charge in [-0.15, -0.1) is 0 Å². The highest BCUT2D eigenvalue weighted by Gasteiger charge is 2.11. The van der Waals surface area contributed by atoms with Crippen LogP contribution in [-0.2, 0) is 4.79 Å². The van der Waals surface area contributed by atoms with Crippen LogP contribution in [-0.4, -0.2) is 28.6 Å². The number of carbonyl (C=O) groups is 2. The first kappa shape index (κ1) is 12.8. The maximum Gasteiger partial charge on any atom is 0.269 e. The fraction of sp³-hybridized carbons (Fsp3) is 0.154. The number of carbonyl (C=O) groups excluding carboxylic acids is 2. The van der Waals surface area contributed by atoms with Gasteiger partial charge in [-0.1, -0.05) is 29.8 Å². The molecule has 6 heteroatoms. The van der Waals surface area contributed by atoms with E-state index in [1.54, 1.807) is 6.07 Å². The third-order valence-corrected chi connectivity index (χ3v) is 2.59. The summed E-state index contributed by atoms with van der Waals surface area (Å²) >= 11 is 0. The summed E-state index contributed by atoms with van der Waals surface area (Å²) < 4.78 is 0. The van der Waals surface area contributed by atoms with Gasteiger partial charge in [-0.3, -0.25) is 14.7 Å². The highest BCUT2D eigenvalue weighted by molar-refractivity contribution is 5.95. The van der Waals surface area contributed by atoms with Crippen LogP contribution in [0.2, 0.25) is 0 Å². The van der Waals surface area contributed by atoms with Crippen molar-refractivity contribution in [2.75, 3.05) is 6.54 Å². The lowest BCUT2D eigenvalue weighted by Crippen LogP contribution is -2.33. The molecule has 6 nitrogen and oxygen atoms in total. The second-order valence-electron chi connectivity index (χ2n) is 4.18. The van der Waals surface area contributed by atoms with Crippen molar-refractivity contribution in [1.29, 1.82) is 0 Å². The fourth-order valence-corrected chi connectivity index (χ4v) is 1.57. The second kappa shape index (κ2) is 5.34. The van der Waals surface area contributed by atoms with E-state index in [0.29, 0.717) is 5.69 Å². The molecule has 0 spiro atoms. The number of aromatic amines is 1. The van der Waals surface area contributed by atoms with Crippen molar-refractivity contribution in [2.24, 2.45) is 5.73 Å². The Morgan fingerprint density at radius 2 is 2.00 bits per heavy atom. The van der Waals surface area contributed by atoms with E-state index in [2.05, 4.69) is 15.5 Å². The first-order valence-corrected chi connectivity index (χ1v) is 5.75. The molecular weight excluding hydrogens is 244 g/mol. The number of benzene rings is 1. The van der Waals surface area contributed by atoms with E-state index in [4.69, 9.17) is 5.73 Å². The average molecular weight is 258 g/mol. The summed E-state index contributed by atoms with van der Waals surface area (Å²) in [5.41, 5.74) is 7.97. The van der Waals surface area contributed by atoms with Gasteiger partial charge in [-0.2, -0.15) is 5.10 Å². The molecule has 0 saturated heterocycles. The third kappa shape index (κ3) is 3.19. The summed E-state index contributed by atoms with van der Waals surface area (Å²) in [5, 5.41) is 9.08. The standard InChI is InChI=1S/C13H14N4O2/c1-8-2-4-9(5-3-8)10-6-11(17-16-10)13(19)15-7-12(14)18/h2-6H,7H2,1H3,(H2,14,18)(H,15,19)(H,16,17). The Balaban J connectivity index is 2.12. The van der Waals surface area contributed by atoms with Crippen LogP contribution < -0.4 is 11.1 Å².